The van der Waals surface area contributed by atoms with Crippen molar-refractivity contribution in [1.82, 2.24) is 0 Å². The van der Waals surface area contributed by atoms with E-state index in [1.54, 1.807) is 0 Å². The summed E-state index contributed by atoms with van der Waals surface area (Å²) in [5, 5.41) is 3.77. The number of rotatable bonds is 9. The van der Waals surface area contributed by atoms with Gasteiger partial charge in [-0.2, -0.15) is 0 Å². The fourth-order valence-corrected chi connectivity index (χ4v) is 19.6. The van der Waals surface area contributed by atoms with Gasteiger partial charge < -0.3 is 38.4 Å². The predicted octanol–water partition coefficient (Wildman–Crippen LogP) is 17.7. The molecule has 2 unspecified atom stereocenters. The molecule has 4 heterocycles. The summed E-state index contributed by atoms with van der Waals surface area (Å²) in [6, 6.07) is 99.6. The van der Waals surface area contributed by atoms with Crippen molar-refractivity contribution in [3.63, 3.8) is 0 Å². The van der Waals surface area contributed by atoms with Crippen LogP contribution < -0.4 is 61.1 Å². The average molecular weight is 1110 g/mol. The molecule has 0 saturated heterocycles. The van der Waals surface area contributed by atoms with Crippen LogP contribution in [0.1, 0.15) is 5.56 Å². The minimum absolute atomic E-state index is 0.437. The first-order chi connectivity index (χ1) is 40.9. The summed E-state index contributed by atoms with van der Waals surface area (Å²) in [6.07, 6.45) is 0. The Kier molecular flexibility index (Phi) is 11.2. The lowest BCUT2D eigenvalue weighted by Gasteiger charge is -2.46. The van der Waals surface area contributed by atoms with Crippen molar-refractivity contribution in [2.24, 2.45) is 0 Å². The van der Waals surface area contributed by atoms with Gasteiger partial charge in [-0.25, -0.2) is 0 Å². The number of hydrogen-bond donors (Lipinski definition) is 0. The first kappa shape index (κ1) is 48.8. The second-order valence-corrected chi connectivity index (χ2v) is 26.5. The molecule has 0 amide bonds. The molecule has 4 aliphatic heterocycles. The van der Waals surface area contributed by atoms with Gasteiger partial charge in [-0.3, -0.25) is 0 Å². The number of nitrogens with zero attached hydrogens (tertiary/aromatic N) is 5. The van der Waals surface area contributed by atoms with Gasteiger partial charge >= 0.3 is 0 Å². The lowest BCUT2D eigenvalue weighted by atomic mass is 10.1. The smallest absolute Gasteiger partial charge is 0.182 e. The van der Waals surface area contributed by atoms with Gasteiger partial charge in [-0.1, -0.05) is 151 Å². The number of ether oxygens (including phenoxy) is 1. The van der Waals surface area contributed by atoms with Gasteiger partial charge in [-0.15, -0.1) is 0 Å². The van der Waals surface area contributed by atoms with E-state index in [1.165, 1.54) is 0 Å². The average Bonchev–Trinajstić information content (AvgIpc) is 0.848. The van der Waals surface area contributed by atoms with Crippen molar-refractivity contribution in [2.45, 2.75) is 6.92 Å². The van der Waals surface area contributed by atoms with E-state index in [2.05, 4.69) is 201 Å². The summed E-state index contributed by atoms with van der Waals surface area (Å²) < 4.78 is 43.6. The Balaban J connectivity index is 1.02. The van der Waals surface area contributed by atoms with Gasteiger partial charge in [0.2, 0.25) is 0 Å². The fourth-order valence-electron chi connectivity index (χ4n) is 13.0. The molecule has 0 radical (unpaired) electrons. The zero-order chi connectivity index (χ0) is 55.4. The molecular formula is C73H51N5O3P2. The van der Waals surface area contributed by atoms with E-state index in [0.717, 1.165) is 85.2 Å². The summed E-state index contributed by atoms with van der Waals surface area (Å²) in [5.74, 6) is 0.921. The molecule has 12 aromatic rings. The Morgan fingerprint density at radius 2 is 0.663 bits per heavy atom. The van der Waals surface area contributed by atoms with Crippen molar-refractivity contribution in [3.8, 4) is 11.5 Å². The molecule has 10 heteroatoms. The van der Waals surface area contributed by atoms with Crippen molar-refractivity contribution in [1.29, 1.82) is 0 Å². The van der Waals surface area contributed by atoms with Crippen LogP contribution >= 0.6 is 14.3 Å². The molecule has 83 heavy (non-hydrogen) atoms. The molecule has 0 fully saturated rings. The highest BCUT2D eigenvalue weighted by atomic mass is 31.2. The minimum atomic E-state index is -3.97. The molecule has 0 N–H and O–H groups in total. The molecule has 0 aliphatic carbocycles. The van der Waals surface area contributed by atoms with Crippen LogP contribution in [0.5, 0.6) is 11.5 Å². The van der Waals surface area contributed by atoms with Crippen molar-refractivity contribution in [3.05, 3.63) is 297 Å². The van der Waals surface area contributed by atoms with Crippen LogP contribution in [0.25, 0.3) is 0 Å². The lowest BCUT2D eigenvalue weighted by Crippen LogP contribution is -2.45. The maximum Gasteiger partial charge on any atom is 0.182 e. The number of para-hydroxylation sites is 8. The van der Waals surface area contributed by atoms with Gasteiger partial charge in [-0.05, 0) is 140 Å². The van der Waals surface area contributed by atoms with Crippen LogP contribution in [0.15, 0.2) is 291 Å². The normalized spacial score (nSPS) is 16.5. The SMILES string of the molecule is Cc1ccc2c(c1)P1(=O)c3cc4c(cc3N(c3ccccc3)c3cc(N(c5ccccc5)c5ccccc5)cc(c31)N2c1ccccc1)Oc1cc(N(c2ccccc2)c2ccccc2)cc2c1P4(=O)c1ccccc1N2c1ccccc1. The molecule has 0 saturated carbocycles. The maximum absolute atomic E-state index is 18.2. The molecule has 0 bridgehead atoms. The van der Waals surface area contributed by atoms with E-state index >= 15 is 9.13 Å². The van der Waals surface area contributed by atoms with E-state index in [9.17, 15) is 0 Å². The largest absolute Gasteiger partial charge is 0.456 e. The standard InChI is InChI=1S/C73H51N5O3P2/c1-50-41-42-61-69(43-50)83(80)70-49-71-66(81-67-47-59(75(53-29-13-4-14-30-53)54-31-15-5-16-32-54)46-65-73(67)82(71,79)68-40-24-23-39-60(68)76(65)55-33-17-6-18-34-55)48-62(70)78(57-37-21-8-22-38-57)64-45-58(44-63(72(64)83)77(61)56-35-19-7-20-36-56)74(51-25-9-2-10-26-51)52-27-11-3-12-28-52/h2-49H,1H3. The Labute approximate surface area is 482 Å². The van der Waals surface area contributed by atoms with Gasteiger partial charge in [0.25, 0.3) is 0 Å². The van der Waals surface area contributed by atoms with Gasteiger partial charge in [0.1, 0.15) is 11.5 Å². The lowest BCUT2D eigenvalue weighted by molar-refractivity contribution is 0.485. The fraction of sp³-hybridized carbons (Fsp3) is 0.0137. The molecule has 0 spiro atoms. The summed E-state index contributed by atoms with van der Waals surface area (Å²) in [7, 11) is -7.91. The summed E-state index contributed by atoms with van der Waals surface area (Å²) in [4.78, 5) is 11.3. The van der Waals surface area contributed by atoms with Crippen LogP contribution in [0, 0.1) is 6.92 Å². The third kappa shape index (κ3) is 7.40. The van der Waals surface area contributed by atoms with Crippen molar-refractivity contribution >= 4 is 131 Å². The molecule has 396 valence electrons. The second-order valence-electron chi connectivity index (χ2n) is 21.3. The topological polar surface area (TPSA) is 59.6 Å². The predicted molar refractivity (Wildman–Crippen MR) is 344 cm³/mol. The van der Waals surface area contributed by atoms with Gasteiger partial charge in [0.05, 0.1) is 61.4 Å². The van der Waals surface area contributed by atoms with Crippen molar-refractivity contribution < 1.29 is 13.9 Å². The second kappa shape index (κ2) is 19.0. The maximum atomic E-state index is 18.2. The van der Waals surface area contributed by atoms with Crippen LogP contribution in [0.2, 0.25) is 0 Å². The quantitative estimate of drug-likeness (QED) is 0.133. The zero-order valence-corrected chi connectivity index (χ0v) is 46.9. The number of fused-ring (bicyclic) bond motifs is 8. The van der Waals surface area contributed by atoms with E-state index in [1.807, 2.05) is 121 Å². The minimum Gasteiger partial charge on any atom is -0.456 e. The number of benzene rings is 12. The van der Waals surface area contributed by atoms with E-state index in [-0.39, 0.29) is 0 Å². The first-order valence-corrected chi connectivity index (χ1v) is 31.3. The summed E-state index contributed by atoms with van der Waals surface area (Å²) in [6.45, 7) is 2.07. The zero-order valence-electron chi connectivity index (χ0n) is 45.1. The third-order valence-electron chi connectivity index (χ3n) is 16.4. The van der Waals surface area contributed by atoms with E-state index in [4.69, 9.17) is 4.74 Å². The Hall–Kier alpha value is -10.1. The molecule has 4 aliphatic rings. The van der Waals surface area contributed by atoms with Crippen LogP contribution in [0.4, 0.5) is 85.3 Å². The van der Waals surface area contributed by atoms with Crippen LogP contribution in [0.3, 0.4) is 0 Å². The third-order valence-corrected chi connectivity index (χ3v) is 22.8. The van der Waals surface area contributed by atoms with Crippen LogP contribution in [-0.2, 0) is 9.13 Å². The first-order valence-electron chi connectivity index (χ1n) is 27.9. The molecule has 8 nitrogen and oxygen atoms in total. The number of hydrogen-bond acceptors (Lipinski definition) is 8. The molecular weight excluding hydrogens is 1060 g/mol. The monoisotopic (exact) mass is 1110 g/mol. The highest BCUT2D eigenvalue weighted by Gasteiger charge is 2.53. The molecule has 12 aromatic carbocycles. The molecule has 0 aromatic heterocycles. The van der Waals surface area contributed by atoms with Crippen LogP contribution in [-0.4, -0.2) is 0 Å². The molecule has 16 rings (SSSR count). The molecule has 2 atom stereocenters. The van der Waals surface area contributed by atoms with E-state index in [0.29, 0.717) is 49.0 Å². The Morgan fingerprint density at radius 1 is 0.289 bits per heavy atom. The van der Waals surface area contributed by atoms with Gasteiger partial charge in [0.15, 0.2) is 14.3 Å². The highest BCUT2D eigenvalue weighted by molar-refractivity contribution is 7.88. The van der Waals surface area contributed by atoms with Gasteiger partial charge in [0, 0.05) is 67.9 Å². The number of anilines is 15. The summed E-state index contributed by atoms with van der Waals surface area (Å²) >= 11 is 0. The Bertz CT molecular complexity index is 4550. The van der Waals surface area contributed by atoms with Crippen molar-refractivity contribution in [2.75, 3.05) is 24.5 Å². The number of aryl methyl sites for hydroxylation is 1. The Morgan fingerprint density at radius 3 is 1.14 bits per heavy atom. The van der Waals surface area contributed by atoms with E-state index < -0.39 is 14.3 Å². The summed E-state index contributed by atoms with van der Waals surface area (Å²) in [5.41, 5.74) is 13.8. The highest BCUT2D eigenvalue weighted by Crippen LogP contribution is 2.66.